The van der Waals surface area contributed by atoms with Gasteiger partial charge in [0.1, 0.15) is 13.2 Å². The summed E-state index contributed by atoms with van der Waals surface area (Å²) in [7, 11) is 0. The molecular weight excluding hydrogens is 925 g/mol. The van der Waals surface area contributed by atoms with Crippen LogP contribution in [0.3, 0.4) is 0 Å². The van der Waals surface area contributed by atoms with Crippen molar-refractivity contribution in [3.05, 3.63) is 85.1 Å². The monoisotopic (exact) mass is 1040 g/mol. The molecule has 0 aliphatic carbocycles. The Hall–Kier alpha value is -3.41. The van der Waals surface area contributed by atoms with Crippen molar-refractivity contribution < 1.29 is 28.6 Å². The maximum absolute atomic E-state index is 12.9. The van der Waals surface area contributed by atoms with Crippen molar-refractivity contribution in [2.45, 2.75) is 322 Å². The molecule has 0 fully saturated rings. The van der Waals surface area contributed by atoms with E-state index in [1.807, 2.05) is 0 Å². The molecule has 0 aromatic carbocycles. The zero-order valence-electron chi connectivity index (χ0n) is 49.6. The van der Waals surface area contributed by atoms with Gasteiger partial charge in [0.15, 0.2) is 6.10 Å². The first-order chi connectivity index (χ1) is 37.0. The average Bonchev–Trinajstić information content (AvgIpc) is 3.41. The molecule has 0 saturated carbocycles. The zero-order valence-corrected chi connectivity index (χ0v) is 49.6. The third kappa shape index (κ3) is 61.3. The van der Waals surface area contributed by atoms with Crippen molar-refractivity contribution in [1.29, 1.82) is 0 Å². The van der Waals surface area contributed by atoms with E-state index in [2.05, 4.69) is 106 Å². The first kappa shape index (κ1) is 71.6. The Kier molecular flexibility index (Phi) is 60.3. The highest BCUT2D eigenvalue weighted by molar-refractivity contribution is 5.71. The molecular formula is C69H120O6. The lowest BCUT2D eigenvalue weighted by Crippen LogP contribution is -2.30. The largest absolute Gasteiger partial charge is 0.462 e. The van der Waals surface area contributed by atoms with Crippen LogP contribution in [-0.2, 0) is 28.6 Å². The summed E-state index contributed by atoms with van der Waals surface area (Å²) in [5, 5.41) is 0. The van der Waals surface area contributed by atoms with Gasteiger partial charge < -0.3 is 14.2 Å². The van der Waals surface area contributed by atoms with Crippen molar-refractivity contribution in [2.75, 3.05) is 13.2 Å². The number of carbonyl (C=O) groups is 3. The summed E-state index contributed by atoms with van der Waals surface area (Å²) in [5.41, 5.74) is 0. The van der Waals surface area contributed by atoms with Crippen LogP contribution >= 0.6 is 0 Å². The smallest absolute Gasteiger partial charge is 0.306 e. The summed E-state index contributed by atoms with van der Waals surface area (Å²) < 4.78 is 16.9. The van der Waals surface area contributed by atoms with Gasteiger partial charge in [-0.25, -0.2) is 0 Å². The van der Waals surface area contributed by atoms with E-state index in [0.717, 1.165) is 70.6 Å². The number of allylic oxidation sites excluding steroid dienone is 14. The molecule has 0 bridgehead atoms. The van der Waals surface area contributed by atoms with Gasteiger partial charge in [-0.2, -0.15) is 0 Å². The van der Waals surface area contributed by atoms with E-state index < -0.39 is 6.10 Å². The van der Waals surface area contributed by atoms with Crippen molar-refractivity contribution in [3.63, 3.8) is 0 Å². The van der Waals surface area contributed by atoms with Crippen molar-refractivity contribution in [3.8, 4) is 0 Å². The number of esters is 3. The Morgan fingerprint density at radius 1 is 0.267 bits per heavy atom. The Morgan fingerprint density at radius 2 is 0.493 bits per heavy atom. The standard InChI is InChI=1S/C69H120O6/c1-4-7-10-13-16-19-22-25-28-31-33-34-36-39-42-45-48-51-54-57-60-63-69(72)75-66(64-73-67(70)61-58-55-52-49-46-43-40-37-30-27-24-21-18-15-12-9-6-3)65-74-68(71)62-59-56-53-50-47-44-41-38-35-32-29-26-23-20-17-14-11-8-5-2/h17-18,20-21,25-30,40,43,49,52,66H,4-16,19,22-24,31-39,41-42,44-48,50-51,53-65H2,1-3H3/b20-17-,21-18-,28-25-,29-26-,30-27-,43-40-,52-49-/t66-/m0/s1. The van der Waals surface area contributed by atoms with Crippen molar-refractivity contribution in [2.24, 2.45) is 0 Å². The molecule has 0 rings (SSSR count). The molecule has 0 spiro atoms. The highest BCUT2D eigenvalue weighted by atomic mass is 16.6. The molecule has 0 heterocycles. The molecule has 432 valence electrons. The van der Waals surface area contributed by atoms with E-state index in [4.69, 9.17) is 14.2 Å². The lowest BCUT2D eigenvalue weighted by atomic mass is 10.0. The molecule has 0 unspecified atom stereocenters. The maximum atomic E-state index is 12.9. The van der Waals surface area contributed by atoms with Crippen LogP contribution in [0.4, 0.5) is 0 Å². The minimum absolute atomic E-state index is 0.0948. The molecule has 0 saturated heterocycles. The van der Waals surface area contributed by atoms with Gasteiger partial charge in [0.25, 0.3) is 0 Å². The number of hydrogen-bond donors (Lipinski definition) is 0. The predicted octanol–water partition coefficient (Wildman–Crippen LogP) is 21.9. The predicted molar refractivity (Wildman–Crippen MR) is 325 cm³/mol. The van der Waals surface area contributed by atoms with E-state index in [9.17, 15) is 14.4 Å². The fourth-order valence-corrected chi connectivity index (χ4v) is 8.99. The first-order valence-electron chi connectivity index (χ1n) is 32.1. The number of ether oxygens (including phenoxy) is 3. The second kappa shape index (κ2) is 63.1. The molecule has 0 aromatic rings. The van der Waals surface area contributed by atoms with Gasteiger partial charge in [-0.15, -0.1) is 0 Å². The summed E-state index contributed by atoms with van der Waals surface area (Å²) in [6.07, 6.45) is 83.0. The Bertz CT molecular complexity index is 1430. The Morgan fingerprint density at radius 3 is 0.840 bits per heavy atom. The average molecular weight is 1050 g/mol. The summed E-state index contributed by atoms with van der Waals surface area (Å²) in [6.45, 7) is 6.57. The van der Waals surface area contributed by atoms with Crippen LogP contribution in [0.15, 0.2) is 85.1 Å². The number of hydrogen-bond acceptors (Lipinski definition) is 6. The highest BCUT2D eigenvalue weighted by Gasteiger charge is 2.19. The van der Waals surface area contributed by atoms with Gasteiger partial charge in [0.05, 0.1) is 0 Å². The van der Waals surface area contributed by atoms with Gasteiger partial charge in [0, 0.05) is 19.3 Å². The zero-order chi connectivity index (χ0) is 54.3. The summed E-state index contributed by atoms with van der Waals surface area (Å²) in [6, 6.07) is 0. The van der Waals surface area contributed by atoms with Gasteiger partial charge in [-0.1, -0.05) is 266 Å². The van der Waals surface area contributed by atoms with Gasteiger partial charge in [-0.05, 0) is 116 Å². The van der Waals surface area contributed by atoms with Crippen molar-refractivity contribution in [1.82, 2.24) is 0 Å². The molecule has 75 heavy (non-hydrogen) atoms. The Balaban J connectivity index is 4.43. The molecule has 0 amide bonds. The Labute approximate surface area is 465 Å². The fraction of sp³-hybridized carbons (Fsp3) is 0.754. The number of carbonyl (C=O) groups excluding carboxylic acids is 3. The normalized spacial score (nSPS) is 12.6. The van der Waals surface area contributed by atoms with E-state index in [-0.39, 0.29) is 37.5 Å². The quantitative estimate of drug-likeness (QED) is 0.0261. The molecule has 6 heteroatoms. The third-order valence-electron chi connectivity index (χ3n) is 13.8. The molecule has 0 aliphatic heterocycles. The van der Waals surface area contributed by atoms with Crippen LogP contribution < -0.4 is 0 Å². The fourth-order valence-electron chi connectivity index (χ4n) is 8.99. The third-order valence-corrected chi connectivity index (χ3v) is 13.8. The van der Waals surface area contributed by atoms with Crippen LogP contribution in [0.5, 0.6) is 0 Å². The molecule has 1 atom stereocenters. The second-order valence-corrected chi connectivity index (χ2v) is 21.3. The highest BCUT2D eigenvalue weighted by Crippen LogP contribution is 2.16. The van der Waals surface area contributed by atoms with E-state index >= 15 is 0 Å². The second-order valence-electron chi connectivity index (χ2n) is 21.3. The molecule has 0 aromatic heterocycles. The number of unbranched alkanes of at least 4 members (excludes halogenated alkanes) is 33. The van der Waals surface area contributed by atoms with Crippen LogP contribution in [0.2, 0.25) is 0 Å². The minimum Gasteiger partial charge on any atom is -0.462 e. The lowest BCUT2D eigenvalue weighted by Gasteiger charge is -2.18. The van der Waals surface area contributed by atoms with Crippen molar-refractivity contribution >= 4 is 17.9 Å². The van der Waals surface area contributed by atoms with E-state index in [1.165, 1.54) is 199 Å². The molecule has 0 N–H and O–H groups in total. The summed E-state index contributed by atoms with van der Waals surface area (Å²) in [4.78, 5) is 38.3. The SMILES string of the molecule is CCCCC/C=C\C/C=C\C/C=C\C/C=C\CCCC(=O)OC[C@@H](COC(=O)CCCCCCCCCCC/C=C\C/C=C\CCCCC)OC(=O)CCCCCCCCCCCCC/C=C\CCCCCCCC. The number of rotatable bonds is 58. The van der Waals surface area contributed by atoms with E-state index in [1.54, 1.807) is 0 Å². The summed E-state index contributed by atoms with van der Waals surface area (Å²) in [5.74, 6) is -0.946. The minimum atomic E-state index is -0.802. The topological polar surface area (TPSA) is 78.9 Å². The van der Waals surface area contributed by atoms with Crippen LogP contribution in [0.25, 0.3) is 0 Å². The van der Waals surface area contributed by atoms with Crippen LogP contribution in [-0.4, -0.2) is 37.2 Å². The molecule has 0 aliphatic rings. The molecule has 6 nitrogen and oxygen atoms in total. The van der Waals surface area contributed by atoms with Gasteiger partial charge >= 0.3 is 17.9 Å². The van der Waals surface area contributed by atoms with E-state index in [0.29, 0.717) is 19.3 Å². The maximum Gasteiger partial charge on any atom is 0.306 e. The first-order valence-corrected chi connectivity index (χ1v) is 32.1. The molecule has 0 radical (unpaired) electrons. The lowest BCUT2D eigenvalue weighted by molar-refractivity contribution is -0.167. The van der Waals surface area contributed by atoms with Crippen LogP contribution in [0, 0.1) is 0 Å². The summed E-state index contributed by atoms with van der Waals surface area (Å²) >= 11 is 0. The van der Waals surface area contributed by atoms with Crippen LogP contribution in [0.1, 0.15) is 316 Å². The van der Waals surface area contributed by atoms with Gasteiger partial charge in [-0.3, -0.25) is 14.4 Å². The van der Waals surface area contributed by atoms with Gasteiger partial charge in [0.2, 0.25) is 0 Å².